The van der Waals surface area contributed by atoms with Gasteiger partial charge in [-0.2, -0.15) is 0 Å². The van der Waals surface area contributed by atoms with E-state index in [4.69, 9.17) is 0 Å². The molecule has 3 unspecified atom stereocenters. The molecule has 0 saturated heterocycles. The largest absolute Gasteiger partial charge is 0.481 e. The molecule has 0 radical (unpaired) electrons. The van der Waals surface area contributed by atoms with Crippen molar-refractivity contribution in [3.63, 3.8) is 0 Å². The van der Waals surface area contributed by atoms with Gasteiger partial charge < -0.3 is 5.11 Å². The van der Waals surface area contributed by atoms with E-state index >= 15 is 0 Å². The van der Waals surface area contributed by atoms with E-state index in [2.05, 4.69) is 38.1 Å². The lowest BCUT2D eigenvalue weighted by molar-refractivity contribution is -0.143. The molecule has 1 N–H and O–H groups in total. The number of carboxylic acid groups (broad SMARTS) is 1. The lowest BCUT2D eigenvalue weighted by Crippen LogP contribution is -2.28. The minimum Gasteiger partial charge on any atom is -0.481 e. The molecule has 0 spiro atoms. The van der Waals surface area contributed by atoms with Crippen molar-refractivity contribution < 1.29 is 9.90 Å². The van der Waals surface area contributed by atoms with Gasteiger partial charge in [-0.3, -0.25) is 4.79 Å². The molecule has 0 bridgehead atoms. The van der Waals surface area contributed by atoms with Gasteiger partial charge in [-0.1, -0.05) is 36.8 Å². The fourth-order valence-corrected chi connectivity index (χ4v) is 2.86. The molecule has 1 aliphatic carbocycles. The maximum atomic E-state index is 11.3. The van der Waals surface area contributed by atoms with Crippen LogP contribution < -0.4 is 0 Å². The van der Waals surface area contributed by atoms with Crippen LogP contribution in [0.25, 0.3) is 0 Å². The Kier molecular flexibility index (Phi) is 3.51. The van der Waals surface area contributed by atoms with Crippen LogP contribution in [-0.4, -0.2) is 11.1 Å². The van der Waals surface area contributed by atoms with Gasteiger partial charge in [-0.05, 0) is 43.6 Å². The van der Waals surface area contributed by atoms with Gasteiger partial charge in [0.15, 0.2) is 0 Å². The molecule has 0 amide bonds. The first-order valence-electron chi connectivity index (χ1n) is 6.37. The molecule has 0 heterocycles. The van der Waals surface area contributed by atoms with E-state index < -0.39 is 5.97 Å². The predicted molar refractivity (Wildman–Crippen MR) is 68.1 cm³/mol. The summed E-state index contributed by atoms with van der Waals surface area (Å²) in [7, 11) is 0. The molecule has 1 aromatic carbocycles. The zero-order valence-corrected chi connectivity index (χ0v) is 10.5. The van der Waals surface area contributed by atoms with E-state index in [9.17, 15) is 9.90 Å². The number of rotatable bonds is 2. The average Bonchev–Trinajstić information content (AvgIpc) is 2.29. The summed E-state index contributed by atoms with van der Waals surface area (Å²) < 4.78 is 0. The lowest BCUT2D eigenvalue weighted by atomic mass is 9.71. The Labute approximate surface area is 103 Å². The second kappa shape index (κ2) is 4.91. The average molecular weight is 232 g/mol. The quantitative estimate of drug-likeness (QED) is 0.846. The molecule has 1 saturated carbocycles. The van der Waals surface area contributed by atoms with Crippen molar-refractivity contribution >= 4 is 5.97 Å². The molecule has 3 atom stereocenters. The summed E-state index contributed by atoms with van der Waals surface area (Å²) >= 11 is 0. The highest BCUT2D eigenvalue weighted by Gasteiger charge is 2.34. The summed E-state index contributed by atoms with van der Waals surface area (Å²) in [6.45, 7) is 4.28. The fraction of sp³-hybridized carbons (Fsp3) is 0.533. The first kappa shape index (κ1) is 12.2. The highest BCUT2D eigenvalue weighted by atomic mass is 16.4. The molecule has 0 aliphatic heterocycles. The Bertz CT molecular complexity index is 394. The monoisotopic (exact) mass is 232 g/mol. The Balaban J connectivity index is 2.25. The van der Waals surface area contributed by atoms with E-state index in [1.807, 2.05) is 0 Å². The third-order valence-corrected chi connectivity index (χ3v) is 3.94. The normalized spacial score (nSPS) is 28.9. The Morgan fingerprint density at radius 1 is 1.24 bits per heavy atom. The van der Waals surface area contributed by atoms with Crippen molar-refractivity contribution in [1.82, 2.24) is 0 Å². The van der Waals surface area contributed by atoms with Crippen molar-refractivity contribution in [3.8, 4) is 0 Å². The van der Waals surface area contributed by atoms with Crippen LogP contribution in [0.2, 0.25) is 0 Å². The van der Waals surface area contributed by atoms with Crippen LogP contribution in [0.5, 0.6) is 0 Å². The molecule has 2 nitrogen and oxygen atoms in total. The summed E-state index contributed by atoms with van der Waals surface area (Å²) in [5.41, 5.74) is 2.42. The van der Waals surface area contributed by atoms with Crippen LogP contribution in [-0.2, 0) is 4.79 Å². The third kappa shape index (κ3) is 2.68. The smallest absolute Gasteiger partial charge is 0.307 e. The summed E-state index contributed by atoms with van der Waals surface area (Å²) in [4.78, 5) is 11.3. The second-order valence-electron chi connectivity index (χ2n) is 5.38. The van der Waals surface area contributed by atoms with Gasteiger partial charge in [-0.25, -0.2) is 0 Å². The molecule has 1 aromatic rings. The molecule has 2 heteroatoms. The summed E-state index contributed by atoms with van der Waals surface area (Å²) in [5.74, 6) is -0.00914. The van der Waals surface area contributed by atoms with Crippen molar-refractivity contribution in [1.29, 1.82) is 0 Å². The van der Waals surface area contributed by atoms with Gasteiger partial charge in [0, 0.05) is 0 Å². The van der Waals surface area contributed by atoms with Crippen LogP contribution in [0.15, 0.2) is 24.3 Å². The highest BCUT2D eigenvalue weighted by molar-refractivity contribution is 5.71. The predicted octanol–water partition coefficient (Wildman–Crippen LogP) is 3.60. The SMILES string of the molecule is Cc1ccc(C2CC(C)CCC2C(=O)O)cc1. The van der Waals surface area contributed by atoms with Gasteiger partial charge >= 0.3 is 5.97 Å². The van der Waals surface area contributed by atoms with E-state index in [1.165, 1.54) is 11.1 Å². The third-order valence-electron chi connectivity index (χ3n) is 3.94. The number of hydrogen-bond acceptors (Lipinski definition) is 1. The standard InChI is InChI=1S/C15H20O2/c1-10-3-6-12(7-4-10)14-9-11(2)5-8-13(14)15(16)17/h3-4,6-7,11,13-14H,5,8-9H2,1-2H3,(H,16,17). The van der Waals surface area contributed by atoms with E-state index in [-0.39, 0.29) is 11.8 Å². The summed E-state index contributed by atoms with van der Waals surface area (Å²) in [6.07, 6.45) is 2.86. The van der Waals surface area contributed by atoms with Gasteiger partial charge in [0.2, 0.25) is 0 Å². The number of aliphatic carboxylic acids is 1. The molecule has 1 fully saturated rings. The van der Waals surface area contributed by atoms with Gasteiger partial charge in [-0.15, -0.1) is 0 Å². The second-order valence-corrected chi connectivity index (χ2v) is 5.38. The zero-order valence-electron chi connectivity index (χ0n) is 10.5. The van der Waals surface area contributed by atoms with Crippen LogP contribution in [0, 0.1) is 18.8 Å². The zero-order chi connectivity index (χ0) is 12.4. The Morgan fingerprint density at radius 2 is 1.88 bits per heavy atom. The van der Waals surface area contributed by atoms with Crippen molar-refractivity contribution in [2.75, 3.05) is 0 Å². The van der Waals surface area contributed by atoms with Crippen LogP contribution >= 0.6 is 0 Å². The number of benzene rings is 1. The van der Waals surface area contributed by atoms with Crippen molar-refractivity contribution in [2.45, 2.75) is 39.0 Å². The van der Waals surface area contributed by atoms with Crippen LogP contribution in [0.4, 0.5) is 0 Å². The molecule has 0 aromatic heterocycles. The summed E-state index contributed by atoms with van der Waals surface area (Å²) in [6, 6.07) is 8.34. The topological polar surface area (TPSA) is 37.3 Å². The van der Waals surface area contributed by atoms with E-state index in [0.717, 1.165) is 19.3 Å². The Morgan fingerprint density at radius 3 is 2.47 bits per heavy atom. The number of aryl methyl sites for hydroxylation is 1. The molecule has 1 aliphatic rings. The number of hydrogen-bond donors (Lipinski definition) is 1. The minimum absolute atomic E-state index is 0.192. The minimum atomic E-state index is -0.637. The van der Waals surface area contributed by atoms with Gasteiger partial charge in [0.05, 0.1) is 5.92 Å². The van der Waals surface area contributed by atoms with E-state index in [0.29, 0.717) is 5.92 Å². The number of carbonyl (C=O) groups is 1. The highest BCUT2D eigenvalue weighted by Crippen LogP contribution is 2.40. The molecule has 17 heavy (non-hydrogen) atoms. The van der Waals surface area contributed by atoms with Crippen molar-refractivity contribution in [3.05, 3.63) is 35.4 Å². The maximum absolute atomic E-state index is 11.3. The van der Waals surface area contributed by atoms with Gasteiger partial charge in [0.1, 0.15) is 0 Å². The number of carboxylic acids is 1. The van der Waals surface area contributed by atoms with Gasteiger partial charge in [0.25, 0.3) is 0 Å². The fourth-order valence-electron chi connectivity index (χ4n) is 2.86. The summed E-state index contributed by atoms with van der Waals surface area (Å²) in [5, 5.41) is 9.31. The molecule has 2 rings (SSSR count). The Hall–Kier alpha value is -1.31. The molecular weight excluding hydrogens is 212 g/mol. The first-order chi connectivity index (χ1) is 8.08. The molecule has 92 valence electrons. The first-order valence-corrected chi connectivity index (χ1v) is 6.37. The lowest BCUT2D eigenvalue weighted by Gasteiger charge is -2.32. The van der Waals surface area contributed by atoms with Crippen LogP contribution in [0.3, 0.4) is 0 Å². The maximum Gasteiger partial charge on any atom is 0.307 e. The van der Waals surface area contributed by atoms with E-state index in [1.54, 1.807) is 0 Å². The van der Waals surface area contributed by atoms with Crippen LogP contribution in [0.1, 0.15) is 43.2 Å². The van der Waals surface area contributed by atoms with Crippen molar-refractivity contribution in [2.24, 2.45) is 11.8 Å². The molecular formula is C15H20O2.